The molecule has 0 unspecified atom stereocenters. The van der Waals surface area contributed by atoms with Crippen molar-refractivity contribution in [2.75, 3.05) is 6.61 Å². The molecule has 4 saturated carbocycles. The van der Waals surface area contributed by atoms with Gasteiger partial charge in [-0.25, -0.2) is 4.79 Å². The first-order valence-corrected chi connectivity index (χ1v) is 14.4. The van der Waals surface area contributed by atoms with Crippen LogP contribution in [0.15, 0.2) is 11.6 Å². The molecule has 13 atom stereocenters. The molecule has 0 spiro atoms. The number of aliphatic hydroxyl groups excluding tert-OH is 3. The van der Waals surface area contributed by atoms with E-state index in [0.717, 1.165) is 37.7 Å². The summed E-state index contributed by atoms with van der Waals surface area (Å²) in [6.45, 7) is 4.13. The van der Waals surface area contributed by atoms with Gasteiger partial charge in [-0.1, -0.05) is 6.92 Å². The Labute approximate surface area is 223 Å². The number of aliphatic hydroxyl groups is 4. The highest BCUT2D eigenvalue weighted by Gasteiger charge is 2.68. The quantitative estimate of drug-likeness (QED) is 0.240. The van der Waals surface area contributed by atoms with Crippen LogP contribution in [0.3, 0.4) is 0 Å². The fraction of sp³-hybridized carbons (Fsp3) is 0.862. The maximum absolute atomic E-state index is 12.9. The number of ether oxygens (including phenoxy) is 3. The van der Waals surface area contributed by atoms with E-state index in [1.807, 2.05) is 0 Å². The molecule has 38 heavy (non-hydrogen) atoms. The smallest absolute Gasteiger partial charge is 0.331 e. The zero-order valence-electron chi connectivity index (χ0n) is 22.3. The monoisotopic (exact) mass is 534 g/mol. The van der Waals surface area contributed by atoms with Crippen LogP contribution in [0.2, 0.25) is 0 Å². The predicted octanol–water partition coefficient (Wildman–Crippen LogP) is 1.64. The van der Waals surface area contributed by atoms with Crippen LogP contribution in [-0.2, 0) is 23.8 Å². The normalized spacial score (nSPS) is 54.4. The topological polar surface area (TPSA) is 143 Å². The number of cyclic esters (lactones) is 1. The van der Waals surface area contributed by atoms with Crippen molar-refractivity contribution in [3.63, 3.8) is 0 Å². The summed E-state index contributed by atoms with van der Waals surface area (Å²) in [4.78, 5) is 24.7. The third kappa shape index (κ3) is 3.72. The molecule has 4 aliphatic carbocycles. The van der Waals surface area contributed by atoms with Gasteiger partial charge < -0.3 is 39.4 Å². The average Bonchev–Trinajstić information content (AvgIpc) is 3.45. The molecule has 212 valence electrons. The van der Waals surface area contributed by atoms with Crippen molar-refractivity contribution in [3.05, 3.63) is 11.6 Å². The first kappa shape index (κ1) is 26.8. The number of carbonyl (C=O) groups excluding carboxylic acids is 2. The second-order valence-electron chi connectivity index (χ2n) is 13.2. The van der Waals surface area contributed by atoms with Crippen molar-refractivity contribution in [1.29, 1.82) is 0 Å². The van der Waals surface area contributed by atoms with Gasteiger partial charge in [-0.3, -0.25) is 0 Å². The fourth-order valence-corrected chi connectivity index (χ4v) is 9.73. The second kappa shape index (κ2) is 9.35. The lowest BCUT2D eigenvalue weighted by molar-refractivity contribution is -0.309. The minimum absolute atomic E-state index is 0.0322. The minimum Gasteiger partial charge on any atom is -0.458 e. The summed E-state index contributed by atoms with van der Waals surface area (Å²) >= 11 is 0. The predicted molar refractivity (Wildman–Crippen MR) is 133 cm³/mol. The SMILES string of the molecule is C[C@@H]1O[C@@H](O[C@H]2CC[C@@]3(C=O)[C@H](CC[C@@H]4[C@@H]3CC[C@]3(C)[C@@H](C5=CC(=O)OC5)CC[C@]43O)C2)[C@@H](O)[C@@H](O)[C@@H]1O. The minimum atomic E-state index is -1.34. The Morgan fingerprint density at radius 1 is 1.00 bits per heavy atom. The Balaban J connectivity index is 1.19. The molecule has 1 saturated heterocycles. The molecule has 2 heterocycles. The van der Waals surface area contributed by atoms with Crippen molar-refractivity contribution in [3.8, 4) is 0 Å². The summed E-state index contributed by atoms with van der Waals surface area (Å²) in [6, 6.07) is 0. The summed E-state index contributed by atoms with van der Waals surface area (Å²) in [5.74, 6) is 0.0678. The molecule has 6 rings (SSSR count). The van der Waals surface area contributed by atoms with Crippen LogP contribution < -0.4 is 0 Å². The Hall–Kier alpha value is -1.36. The van der Waals surface area contributed by atoms with Crippen molar-refractivity contribution in [2.45, 2.75) is 114 Å². The molecule has 9 heteroatoms. The van der Waals surface area contributed by atoms with E-state index in [1.165, 1.54) is 6.29 Å². The third-order valence-corrected chi connectivity index (χ3v) is 11.9. The highest BCUT2D eigenvalue weighted by Crippen LogP contribution is 2.69. The van der Waals surface area contributed by atoms with Gasteiger partial charge in [-0.15, -0.1) is 0 Å². The zero-order valence-corrected chi connectivity index (χ0v) is 22.3. The first-order chi connectivity index (χ1) is 18.0. The molecule has 0 aromatic heterocycles. The number of rotatable bonds is 4. The number of hydrogen-bond acceptors (Lipinski definition) is 9. The highest BCUT2D eigenvalue weighted by atomic mass is 16.7. The van der Waals surface area contributed by atoms with E-state index in [4.69, 9.17) is 14.2 Å². The van der Waals surface area contributed by atoms with Crippen molar-refractivity contribution in [2.24, 2.45) is 34.5 Å². The number of hydrogen-bond donors (Lipinski definition) is 4. The third-order valence-electron chi connectivity index (χ3n) is 11.9. The van der Waals surface area contributed by atoms with Gasteiger partial charge in [0.25, 0.3) is 0 Å². The number of fused-ring (bicyclic) bond motifs is 5. The lowest BCUT2D eigenvalue weighted by Gasteiger charge is -2.63. The molecule has 0 aromatic carbocycles. The van der Waals surface area contributed by atoms with Crippen molar-refractivity contribution >= 4 is 12.3 Å². The standard InChI is InChI=1S/C29H42O9/c1-15-23(32)24(33)25(34)26(37-15)38-18-5-9-28(14-30)17(12-18)3-4-21-20(28)6-8-27(2)19(7-10-29(21,27)35)16-11-22(31)36-13-16/h11,14-15,17-21,23-26,32-35H,3-10,12-13H2,1-2H3/t15-,17+,18-,19+,20-,21+,23+,24-,25-,26-,27+,28+,29-/m0/s1. The molecule has 9 nitrogen and oxygen atoms in total. The van der Waals surface area contributed by atoms with Crippen LogP contribution in [0.4, 0.5) is 0 Å². The molecule has 0 aromatic rings. The highest BCUT2D eigenvalue weighted by molar-refractivity contribution is 5.85. The maximum Gasteiger partial charge on any atom is 0.331 e. The van der Waals surface area contributed by atoms with Crippen LogP contribution in [0.5, 0.6) is 0 Å². The summed E-state index contributed by atoms with van der Waals surface area (Å²) in [6.07, 6.45) is 3.80. The van der Waals surface area contributed by atoms with Gasteiger partial charge in [0.2, 0.25) is 0 Å². The van der Waals surface area contributed by atoms with Gasteiger partial charge in [-0.2, -0.15) is 0 Å². The second-order valence-corrected chi connectivity index (χ2v) is 13.2. The molecule has 5 fully saturated rings. The Morgan fingerprint density at radius 3 is 2.50 bits per heavy atom. The van der Waals surface area contributed by atoms with Crippen LogP contribution in [-0.4, -0.2) is 81.7 Å². The lowest BCUT2D eigenvalue weighted by atomic mass is 9.43. The summed E-state index contributed by atoms with van der Waals surface area (Å²) < 4.78 is 17.0. The molecule has 0 radical (unpaired) electrons. The van der Waals surface area contributed by atoms with Gasteiger partial charge in [0.05, 0.1) is 17.8 Å². The Bertz CT molecular complexity index is 999. The molecule has 2 aliphatic heterocycles. The zero-order chi connectivity index (χ0) is 27.0. The van der Waals surface area contributed by atoms with Gasteiger partial charge >= 0.3 is 5.97 Å². The van der Waals surface area contributed by atoms with E-state index in [1.54, 1.807) is 13.0 Å². The molecule has 0 amide bonds. The number of esters is 1. The largest absolute Gasteiger partial charge is 0.458 e. The van der Waals surface area contributed by atoms with Crippen LogP contribution in [0, 0.1) is 34.5 Å². The summed E-state index contributed by atoms with van der Waals surface area (Å²) in [5, 5.41) is 42.9. The lowest BCUT2D eigenvalue weighted by Crippen LogP contribution is -2.63. The number of aldehydes is 1. The van der Waals surface area contributed by atoms with E-state index in [9.17, 15) is 30.0 Å². The van der Waals surface area contributed by atoms with E-state index in [2.05, 4.69) is 6.92 Å². The summed E-state index contributed by atoms with van der Waals surface area (Å²) in [5.41, 5.74) is -0.739. The van der Waals surface area contributed by atoms with Gasteiger partial charge in [0.15, 0.2) is 6.29 Å². The summed E-state index contributed by atoms with van der Waals surface area (Å²) in [7, 11) is 0. The van der Waals surface area contributed by atoms with Crippen molar-refractivity contribution in [1.82, 2.24) is 0 Å². The number of carbonyl (C=O) groups is 2. The van der Waals surface area contributed by atoms with Crippen LogP contribution in [0.1, 0.15) is 71.6 Å². The molecular formula is C29H42O9. The molecule has 0 bridgehead atoms. The van der Waals surface area contributed by atoms with E-state index in [-0.39, 0.29) is 41.2 Å². The average molecular weight is 535 g/mol. The van der Waals surface area contributed by atoms with Crippen LogP contribution in [0.25, 0.3) is 0 Å². The maximum atomic E-state index is 12.9. The molecule has 6 aliphatic rings. The van der Waals surface area contributed by atoms with E-state index >= 15 is 0 Å². The molecular weight excluding hydrogens is 492 g/mol. The van der Waals surface area contributed by atoms with Gasteiger partial charge in [0, 0.05) is 16.9 Å². The van der Waals surface area contributed by atoms with E-state index < -0.39 is 41.7 Å². The van der Waals surface area contributed by atoms with Gasteiger partial charge in [0.1, 0.15) is 31.2 Å². The van der Waals surface area contributed by atoms with Crippen molar-refractivity contribution < 1.29 is 44.2 Å². The Morgan fingerprint density at radius 2 is 1.79 bits per heavy atom. The van der Waals surface area contributed by atoms with Gasteiger partial charge in [-0.05, 0) is 94.0 Å². The van der Waals surface area contributed by atoms with Crippen LogP contribution >= 0.6 is 0 Å². The first-order valence-electron chi connectivity index (χ1n) is 14.4. The van der Waals surface area contributed by atoms with E-state index in [0.29, 0.717) is 32.3 Å². The fourth-order valence-electron chi connectivity index (χ4n) is 9.73. The Kier molecular flexibility index (Phi) is 6.60. The molecule has 4 N–H and O–H groups in total.